The second kappa shape index (κ2) is 5.89. The molecule has 0 atom stereocenters. The van der Waals surface area contributed by atoms with E-state index >= 15 is 0 Å². The Morgan fingerprint density at radius 2 is 1.87 bits per heavy atom. The molecule has 2 aromatic carbocycles. The molecule has 0 saturated carbocycles. The molecule has 1 aromatic heterocycles. The minimum atomic E-state index is -0.373. The zero-order valence-electron chi connectivity index (χ0n) is 12.7. The quantitative estimate of drug-likeness (QED) is 0.746. The molecule has 0 bridgehead atoms. The van der Waals surface area contributed by atoms with E-state index in [0.29, 0.717) is 11.3 Å². The topological polar surface area (TPSA) is 57.7 Å². The predicted molar refractivity (Wildman–Crippen MR) is 85.8 cm³/mol. The van der Waals surface area contributed by atoms with E-state index in [1.807, 2.05) is 49.3 Å². The Labute approximate surface area is 133 Å². The van der Waals surface area contributed by atoms with E-state index in [0.717, 1.165) is 11.4 Å². The summed E-state index contributed by atoms with van der Waals surface area (Å²) in [6, 6.07) is 15.7. The van der Waals surface area contributed by atoms with Gasteiger partial charge in [-0.05, 0) is 36.4 Å². The molecule has 6 heteroatoms. The number of hydrogen-bond donors (Lipinski definition) is 0. The Hall–Kier alpha value is -3.20. The molecule has 0 saturated heterocycles. The van der Waals surface area contributed by atoms with Gasteiger partial charge in [-0.1, -0.05) is 17.3 Å². The van der Waals surface area contributed by atoms with E-state index in [4.69, 9.17) is 0 Å². The molecule has 0 spiro atoms. The lowest BCUT2D eigenvalue weighted by atomic mass is 10.1. The molecule has 0 unspecified atom stereocenters. The van der Waals surface area contributed by atoms with Crippen LogP contribution in [0.5, 0.6) is 0 Å². The van der Waals surface area contributed by atoms with Crippen molar-refractivity contribution in [1.29, 1.82) is 5.26 Å². The molecule has 0 fully saturated rings. The van der Waals surface area contributed by atoms with E-state index < -0.39 is 0 Å². The first-order valence-electron chi connectivity index (χ1n) is 6.99. The molecule has 0 aliphatic carbocycles. The summed E-state index contributed by atoms with van der Waals surface area (Å²) in [4.78, 5) is 1.99. The van der Waals surface area contributed by atoms with Crippen LogP contribution in [0.15, 0.2) is 48.5 Å². The molecule has 0 N–H and O–H groups in total. The van der Waals surface area contributed by atoms with Gasteiger partial charge in [0.25, 0.3) is 0 Å². The average molecular weight is 307 g/mol. The lowest BCUT2D eigenvalue weighted by Crippen LogP contribution is -2.08. The van der Waals surface area contributed by atoms with E-state index in [1.165, 1.54) is 12.1 Å². The first kappa shape index (κ1) is 14.7. The Morgan fingerprint density at radius 1 is 1.13 bits per heavy atom. The van der Waals surface area contributed by atoms with Crippen molar-refractivity contribution in [2.75, 3.05) is 19.0 Å². The summed E-state index contributed by atoms with van der Waals surface area (Å²) in [5.41, 5.74) is 2.99. The molecule has 5 nitrogen and oxygen atoms in total. The van der Waals surface area contributed by atoms with Crippen LogP contribution in [0.4, 0.5) is 10.1 Å². The summed E-state index contributed by atoms with van der Waals surface area (Å²) in [6.07, 6.45) is 0. The van der Waals surface area contributed by atoms with E-state index in [1.54, 1.807) is 16.8 Å². The van der Waals surface area contributed by atoms with Gasteiger partial charge in [0.15, 0.2) is 5.69 Å². The molecule has 1 heterocycles. The molecule has 0 aliphatic rings. The second-order valence-corrected chi connectivity index (χ2v) is 5.23. The summed E-state index contributed by atoms with van der Waals surface area (Å²) in [5, 5.41) is 17.2. The van der Waals surface area contributed by atoms with Crippen LogP contribution in [-0.4, -0.2) is 29.1 Å². The smallest absolute Gasteiger partial charge is 0.191 e. The van der Waals surface area contributed by atoms with Crippen LogP contribution in [0.2, 0.25) is 0 Å². The van der Waals surface area contributed by atoms with Gasteiger partial charge in [-0.3, -0.25) is 0 Å². The van der Waals surface area contributed by atoms with E-state index in [2.05, 4.69) is 10.3 Å². The van der Waals surface area contributed by atoms with Gasteiger partial charge < -0.3 is 4.90 Å². The molecule has 0 radical (unpaired) electrons. The third-order valence-electron chi connectivity index (χ3n) is 3.48. The molecule has 0 amide bonds. The molecule has 23 heavy (non-hydrogen) atoms. The van der Waals surface area contributed by atoms with Crippen LogP contribution in [0.1, 0.15) is 5.69 Å². The third kappa shape index (κ3) is 2.77. The number of benzene rings is 2. The lowest BCUT2D eigenvalue weighted by Gasteiger charge is -2.13. The summed E-state index contributed by atoms with van der Waals surface area (Å²) in [7, 11) is 3.91. The van der Waals surface area contributed by atoms with Crippen LogP contribution in [0, 0.1) is 17.1 Å². The number of hydrogen-bond acceptors (Lipinski definition) is 4. The number of nitrogens with zero attached hydrogens (tertiary/aromatic N) is 5. The van der Waals surface area contributed by atoms with Crippen molar-refractivity contribution in [2.45, 2.75) is 0 Å². The fourth-order valence-corrected chi connectivity index (χ4v) is 2.32. The predicted octanol–water partition coefficient (Wildman–Crippen LogP) is 3.01. The second-order valence-electron chi connectivity index (χ2n) is 5.23. The lowest BCUT2D eigenvalue weighted by molar-refractivity contribution is 0.628. The Morgan fingerprint density at radius 3 is 2.48 bits per heavy atom. The SMILES string of the molecule is CN(C)c1ccc(-n2nnc(C#N)c2-c2cccc(F)c2)cc1. The van der Waals surface area contributed by atoms with Crippen molar-refractivity contribution in [3.8, 4) is 23.0 Å². The van der Waals surface area contributed by atoms with Gasteiger partial charge in [0.1, 0.15) is 17.6 Å². The number of anilines is 1. The first-order valence-corrected chi connectivity index (χ1v) is 6.99. The van der Waals surface area contributed by atoms with Crippen LogP contribution < -0.4 is 4.90 Å². The van der Waals surface area contributed by atoms with Crippen LogP contribution in [0.25, 0.3) is 16.9 Å². The van der Waals surface area contributed by atoms with Crippen LogP contribution in [0.3, 0.4) is 0 Å². The van der Waals surface area contributed by atoms with Gasteiger partial charge in [0.2, 0.25) is 0 Å². The first-order chi connectivity index (χ1) is 11.1. The maximum Gasteiger partial charge on any atom is 0.191 e. The molecule has 3 aromatic rings. The maximum absolute atomic E-state index is 13.5. The monoisotopic (exact) mass is 307 g/mol. The maximum atomic E-state index is 13.5. The fourth-order valence-electron chi connectivity index (χ4n) is 2.32. The molecule has 3 rings (SSSR count). The normalized spacial score (nSPS) is 10.3. The van der Waals surface area contributed by atoms with Crippen LogP contribution >= 0.6 is 0 Å². The average Bonchev–Trinajstić information content (AvgIpc) is 2.99. The van der Waals surface area contributed by atoms with Gasteiger partial charge >= 0.3 is 0 Å². The standard InChI is InChI=1S/C17H14FN5/c1-22(2)14-6-8-15(9-7-14)23-17(16(11-19)20-21-23)12-4-3-5-13(18)10-12/h3-10H,1-2H3. The minimum absolute atomic E-state index is 0.160. The van der Waals surface area contributed by atoms with Gasteiger partial charge in [-0.25, -0.2) is 9.07 Å². The number of aromatic nitrogens is 3. The third-order valence-corrected chi connectivity index (χ3v) is 3.48. The van der Waals surface area contributed by atoms with Crippen molar-refractivity contribution in [3.63, 3.8) is 0 Å². The minimum Gasteiger partial charge on any atom is -0.378 e. The largest absolute Gasteiger partial charge is 0.378 e. The Kier molecular flexibility index (Phi) is 3.77. The molecular weight excluding hydrogens is 293 g/mol. The van der Waals surface area contributed by atoms with Crippen molar-refractivity contribution in [1.82, 2.24) is 15.0 Å². The molecular formula is C17H14FN5. The van der Waals surface area contributed by atoms with Gasteiger partial charge in [-0.15, -0.1) is 5.10 Å². The highest BCUT2D eigenvalue weighted by Crippen LogP contribution is 2.26. The zero-order valence-corrected chi connectivity index (χ0v) is 12.7. The van der Waals surface area contributed by atoms with Gasteiger partial charge in [0.05, 0.1) is 5.69 Å². The fraction of sp³-hybridized carbons (Fsp3) is 0.118. The number of rotatable bonds is 3. The van der Waals surface area contributed by atoms with Crippen molar-refractivity contribution >= 4 is 5.69 Å². The molecule has 114 valence electrons. The van der Waals surface area contributed by atoms with Gasteiger partial charge in [0, 0.05) is 25.3 Å². The highest BCUT2D eigenvalue weighted by atomic mass is 19.1. The number of halogens is 1. The van der Waals surface area contributed by atoms with E-state index in [-0.39, 0.29) is 11.5 Å². The van der Waals surface area contributed by atoms with Crippen molar-refractivity contribution in [3.05, 3.63) is 60.0 Å². The highest BCUT2D eigenvalue weighted by Gasteiger charge is 2.16. The van der Waals surface area contributed by atoms with Crippen molar-refractivity contribution in [2.24, 2.45) is 0 Å². The Bertz CT molecular complexity index is 875. The number of nitriles is 1. The Balaban J connectivity index is 2.14. The summed E-state index contributed by atoms with van der Waals surface area (Å²) in [5.74, 6) is -0.373. The highest BCUT2D eigenvalue weighted by molar-refractivity contribution is 5.67. The van der Waals surface area contributed by atoms with Crippen LogP contribution in [-0.2, 0) is 0 Å². The summed E-state index contributed by atoms with van der Waals surface area (Å²) in [6.45, 7) is 0. The summed E-state index contributed by atoms with van der Waals surface area (Å²) < 4.78 is 15.1. The molecule has 0 aliphatic heterocycles. The van der Waals surface area contributed by atoms with Gasteiger partial charge in [-0.2, -0.15) is 5.26 Å². The van der Waals surface area contributed by atoms with E-state index in [9.17, 15) is 9.65 Å². The van der Waals surface area contributed by atoms with Crippen molar-refractivity contribution < 1.29 is 4.39 Å². The summed E-state index contributed by atoms with van der Waals surface area (Å²) >= 11 is 0. The zero-order chi connectivity index (χ0) is 16.4.